The Morgan fingerprint density at radius 3 is 0.840 bits per heavy atom. The Kier molecular flexibility index (Phi) is 25.7. The number of aromatic nitrogens is 6. The van der Waals surface area contributed by atoms with Crippen LogP contribution in [-0.4, -0.2) is 27.4 Å². The van der Waals surface area contributed by atoms with E-state index in [0.29, 0.717) is 0 Å². The van der Waals surface area contributed by atoms with Gasteiger partial charge in [-0.1, -0.05) is 338 Å². The van der Waals surface area contributed by atoms with Crippen LogP contribution in [0.1, 0.15) is 57.5 Å². The Bertz CT molecular complexity index is 7050. The predicted octanol–water partition coefficient (Wildman–Crippen LogP) is 31.6. The maximum absolute atomic E-state index is 2.36. The van der Waals surface area contributed by atoms with E-state index in [2.05, 4.69) is 476 Å². The van der Waals surface area contributed by atoms with Crippen LogP contribution >= 0.6 is 0 Å². The van der Waals surface area contributed by atoms with E-state index >= 15 is 0 Å². The van der Waals surface area contributed by atoms with Crippen LogP contribution in [0.25, 0.3) is 154 Å². The average molecular weight is 1550 g/mol. The van der Waals surface area contributed by atoms with Gasteiger partial charge in [-0.15, -0.1) is 0 Å². The molecule has 0 saturated heterocycles. The highest BCUT2D eigenvalue weighted by atomic mass is 15.0. The first-order chi connectivity index (χ1) is 56.6. The molecule has 6 nitrogen and oxygen atoms in total. The lowest BCUT2D eigenvalue weighted by molar-refractivity contribution is 1.01. The van der Waals surface area contributed by atoms with E-state index in [0.717, 1.165) is 0 Å². The maximum Gasteiger partial charge on any atom is 0.0570 e. The number of benzene rings is 17. The first kappa shape index (κ1) is 82.5. The quantitative estimate of drug-likeness (QED) is 0.168. The summed E-state index contributed by atoms with van der Waals surface area (Å²) in [4.78, 5) is 0. The van der Waals surface area contributed by atoms with Gasteiger partial charge in [0, 0.05) is 124 Å². The van der Waals surface area contributed by atoms with Crippen LogP contribution in [0.2, 0.25) is 0 Å². The van der Waals surface area contributed by atoms with Gasteiger partial charge < -0.3 is 27.4 Å². The molecule has 6 heteroatoms. The number of aryl methyl sites for hydroxylation is 7. The van der Waals surface area contributed by atoms with Crippen molar-refractivity contribution in [3.8, 4) is 22.7 Å². The van der Waals surface area contributed by atoms with E-state index < -0.39 is 0 Å². The minimum Gasteiger partial charge on any atom is -0.344 e. The maximum atomic E-state index is 2.36. The molecule has 0 aliphatic rings. The molecule has 0 unspecified atom stereocenters. The van der Waals surface area contributed by atoms with Crippen molar-refractivity contribution in [2.75, 3.05) is 0 Å². The third-order valence-corrected chi connectivity index (χ3v) is 22.1. The molecule has 0 saturated carbocycles. The fourth-order valence-corrected chi connectivity index (χ4v) is 16.7. The fourth-order valence-electron chi connectivity index (χ4n) is 16.7. The van der Waals surface area contributed by atoms with E-state index in [1.807, 2.05) is 18.2 Å². The fraction of sp³-hybridized carbons (Fsp3) is 0.0973. The molecule has 0 amide bonds. The molecule has 23 aromatic rings. The van der Waals surface area contributed by atoms with E-state index in [4.69, 9.17) is 0 Å². The summed E-state index contributed by atoms with van der Waals surface area (Å²) < 4.78 is 13.9. The molecule has 588 valence electrons. The third-order valence-electron chi connectivity index (χ3n) is 22.1. The molecule has 6 heterocycles. The van der Waals surface area contributed by atoms with Crippen LogP contribution in [-0.2, 0) is 14.1 Å². The average Bonchev–Trinajstić information content (AvgIpc) is 1.62. The summed E-state index contributed by atoms with van der Waals surface area (Å²) in [5.41, 5.74) is 26.8. The summed E-state index contributed by atoms with van der Waals surface area (Å²) in [5.74, 6) is 0. The van der Waals surface area contributed by atoms with Gasteiger partial charge in [0.2, 0.25) is 0 Å². The zero-order valence-electron chi connectivity index (χ0n) is 66.0. The predicted molar refractivity (Wildman–Crippen MR) is 521 cm³/mol. The molecule has 23 rings (SSSR count). The zero-order valence-corrected chi connectivity index (χ0v) is 66.0. The highest BCUT2D eigenvalue weighted by molar-refractivity contribution is 6.14. The molecule has 6 aromatic heterocycles. The van der Waals surface area contributed by atoms with E-state index in [-0.39, 0.29) is 29.7 Å². The van der Waals surface area contributed by atoms with Gasteiger partial charge in [0.25, 0.3) is 0 Å². The first-order valence-electron chi connectivity index (χ1n) is 39.6. The van der Waals surface area contributed by atoms with Crippen molar-refractivity contribution >= 4 is 131 Å². The lowest BCUT2D eigenvalue weighted by Gasteiger charge is -2.08. The SMILES string of the molecule is C.C.C.C.Cc1ccc2c(c1)c1ccccc1n2-c1ccccc1.Cc1ccc2c3ccccc3n(-c3ccccc3)c2c1.Cc1cccc2c1c1ccccc1n2-c1ccccc1.Cc1cccc2c3ccccc3n(-c3ccccc3)c12.Cc1ccccc1.Cn1c2ccccc2c2ccccc21.Cn1c2ccccc2c2ccccc21. The normalized spacial score (nSPS) is 10.7. The van der Waals surface area contributed by atoms with Crippen molar-refractivity contribution in [2.24, 2.45) is 14.1 Å². The summed E-state index contributed by atoms with van der Waals surface area (Å²) in [6, 6.07) is 147. The highest BCUT2D eigenvalue weighted by Crippen LogP contribution is 2.38. The van der Waals surface area contributed by atoms with E-state index in [9.17, 15) is 0 Å². The van der Waals surface area contributed by atoms with Crippen molar-refractivity contribution in [3.63, 3.8) is 0 Å². The van der Waals surface area contributed by atoms with Crippen molar-refractivity contribution < 1.29 is 0 Å². The molecule has 0 fully saturated rings. The Balaban J connectivity index is 0.000000121. The summed E-state index contributed by atoms with van der Waals surface area (Å²) in [6.45, 7) is 10.7. The van der Waals surface area contributed by atoms with Crippen LogP contribution in [0.15, 0.2) is 419 Å². The minimum absolute atomic E-state index is 0. The molecular weight excluding hydrogens is 1440 g/mol. The second-order valence-corrected chi connectivity index (χ2v) is 29.6. The van der Waals surface area contributed by atoms with Gasteiger partial charge in [-0.25, -0.2) is 0 Å². The van der Waals surface area contributed by atoms with Gasteiger partial charge in [-0.05, 0) is 173 Å². The summed E-state index contributed by atoms with van der Waals surface area (Å²) >= 11 is 0. The monoisotopic (exact) mass is 1550 g/mol. The Labute approximate surface area is 701 Å². The van der Waals surface area contributed by atoms with Gasteiger partial charge in [-0.3, -0.25) is 0 Å². The molecule has 0 aliphatic heterocycles. The molecule has 0 spiro atoms. The molecule has 0 aliphatic carbocycles. The second kappa shape index (κ2) is 37.0. The highest BCUT2D eigenvalue weighted by Gasteiger charge is 2.17. The molecular formula is C113H106N6. The number of para-hydroxylation sites is 13. The van der Waals surface area contributed by atoms with Crippen LogP contribution in [0.5, 0.6) is 0 Å². The number of hydrogen-bond acceptors (Lipinski definition) is 0. The smallest absolute Gasteiger partial charge is 0.0570 e. The molecule has 119 heavy (non-hydrogen) atoms. The largest absolute Gasteiger partial charge is 0.344 e. The standard InChI is InChI=1S/4C19H15N.2C13H11N.C7H8.4CH4/c1-14-8-7-12-17-16-11-5-6-13-18(16)20(19(14)17)15-9-3-2-4-10-15;1-14-8-7-13-18-19(14)16-11-5-6-12-17(16)20(18)15-9-3-2-4-10-15;1-14-11-12-19-17(13-14)16-9-5-6-10-18(16)20(19)15-7-3-2-4-8-15;1-14-11-12-17-16-9-5-6-10-18(16)20(19(17)13-14)15-7-3-2-4-8-15;2*1-14-12-8-4-2-6-10(12)11-7-3-5-9-13(11)14;1-7-5-3-2-4-6-7;;;;/h4*2-13H,1H3;2*2-9H,1H3;2-6H,1H3;4*1H4. The summed E-state index contributed by atoms with van der Waals surface area (Å²) in [7, 11) is 4.23. The minimum atomic E-state index is 0. The number of fused-ring (bicyclic) bond motifs is 18. The second-order valence-electron chi connectivity index (χ2n) is 29.6. The molecule has 0 radical (unpaired) electrons. The van der Waals surface area contributed by atoms with Crippen LogP contribution in [0.4, 0.5) is 0 Å². The molecule has 17 aromatic carbocycles. The molecule has 0 atom stereocenters. The lowest BCUT2D eigenvalue weighted by Crippen LogP contribution is -1.94. The van der Waals surface area contributed by atoms with Crippen molar-refractivity contribution in [1.82, 2.24) is 27.4 Å². The summed E-state index contributed by atoms with van der Waals surface area (Å²) in [6.07, 6.45) is 0. The number of hydrogen-bond donors (Lipinski definition) is 0. The van der Waals surface area contributed by atoms with Crippen LogP contribution in [0.3, 0.4) is 0 Å². The van der Waals surface area contributed by atoms with Crippen molar-refractivity contribution in [3.05, 3.63) is 446 Å². The molecule has 0 bridgehead atoms. The molecule has 0 N–H and O–H groups in total. The van der Waals surface area contributed by atoms with Gasteiger partial charge in [0.1, 0.15) is 0 Å². The van der Waals surface area contributed by atoms with Gasteiger partial charge in [-0.2, -0.15) is 0 Å². The number of nitrogens with zero attached hydrogens (tertiary/aromatic N) is 6. The third kappa shape index (κ3) is 16.3. The Morgan fingerprint density at radius 2 is 0.420 bits per heavy atom. The Hall–Kier alpha value is -14.5. The number of rotatable bonds is 4. The van der Waals surface area contributed by atoms with E-state index in [1.165, 1.54) is 181 Å². The topological polar surface area (TPSA) is 29.6 Å². The van der Waals surface area contributed by atoms with Gasteiger partial charge >= 0.3 is 0 Å². The van der Waals surface area contributed by atoms with Crippen LogP contribution < -0.4 is 0 Å². The van der Waals surface area contributed by atoms with Crippen molar-refractivity contribution in [1.29, 1.82) is 0 Å². The van der Waals surface area contributed by atoms with Crippen molar-refractivity contribution in [2.45, 2.75) is 64.3 Å². The van der Waals surface area contributed by atoms with E-state index in [1.54, 1.807) is 0 Å². The van der Waals surface area contributed by atoms with Crippen LogP contribution in [0, 0.1) is 34.6 Å². The first-order valence-corrected chi connectivity index (χ1v) is 39.6. The van der Waals surface area contributed by atoms with Gasteiger partial charge in [0.05, 0.1) is 44.1 Å². The van der Waals surface area contributed by atoms with Gasteiger partial charge in [0.15, 0.2) is 0 Å². The summed E-state index contributed by atoms with van der Waals surface area (Å²) in [5, 5.41) is 15.9. The Morgan fingerprint density at radius 1 is 0.160 bits per heavy atom. The zero-order chi connectivity index (χ0) is 78.3. The lowest BCUT2D eigenvalue weighted by atomic mass is 10.1.